The predicted octanol–water partition coefficient (Wildman–Crippen LogP) is 4.74. The Morgan fingerprint density at radius 2 is 1.63 bits per heavy atom. The third-order valence-corrected chi connectivity index (χ3v) is 5.85. The molecule has 1 saturated heterocycles. The summed E-state index contributed by atoms with van der Waals surface area (Å²) in [5, 5.41) is 2.26. The molecule has 30 heavy (non-hydrogen) atoms. The van der Waals surface area contributed by atoms with Crippen LogP contribution in [0.2, 0.25) is 0 Å². The standard InChI is InChI=1S/C22H18I2N2O4/c1-4-5-30-19-17(23)10-14(11-18(19)24)9-16-20(27)25-22(29)26(21(16)28)15-7-12(2)6-13(3)8-15/h4,6-11H,1,5H2,2-3H3,(H,25,27,29)/b16-9+. The van der Waals surface area contributed by atoms with Gasteiger partial charge in [-0.2, -0.15) is 0 Å². The van der Waals surface area contributed by atoms with Gasteiger partial charge in [0.25, 0.3) is 11.8 Å². The van der Waals surface area contributed by atoms with Gasteiger partial charge in [0.2, 0.25) is 0 Å². The SMILES string of the molecule is C=CCOc1c(I)cc(/C=C2\C(=O)NC(=O)N(c3cc(C)cc(C)c3)C2=O)cc1I. The van der Waals surface area contributed by atoms with Crippen LogP contribution in [-0.2, 0) is 9.59 Å². The zero-order valence-corrected chi connectivity index (χ0v) is 20.6. The number of carbonyl (C=O) groups is 3. The molecule has 2 aromatic carbocycles. The van der Waals surface area contributed by atoms with Crippen LogP contribution in [0.3, 0.4) is 0 Å². The van der Waals surface area contributed by atoms with Crippen LogP contribution in [0.25, 0.3) is 6.08 Å². The minimum Gasteiger partial charge on any atom is -0.487 e. The molecule has 0 bridgehead atoms. The second-order valence-electron chi connectivity index (χ2n) is 6.72. The van der Waals surface area contributed by atoms with Crippen molar-refractivity contribution < 1.29 is 19.1 Å². The minimum atomic E-state index is -0.760. The second-order valence-corrected chi connectivity index (χ2v) is 9.04. The van der Waals surface area contributed by atoms with E-state index in [0.29, 0.717) is 23.6 Å². The van der Waals surface area contributed by atoms with Gasteiger partial charge in [-0.25, -0.2) is 9.69 Å². The van der Waals surface area contributed by atoms with Crippen LogP contribution >= 0.6 is 45.2 Å². The monoisotopic (exact) mass is 628 g/mol. The minimum absolute atomic E-state index is 0.111. The zero-order valence-electron chi connectivity index (χ0n) is 16.3. The number of urea groups is 1. The van der Waals surface area contributed by atoms with Crippen molar-refractivity contribution in [3.8, 4) is 5.75 Å². The third-order valence-electron chi connectivity index (χ3n) is 4.24. The molecular weight excluding hydrogens is 610 g/mol. The number of barbiturate groups is 1. The van der Waals surface area contributed by atoms with Crippen LogP contribution < -0.4 is 15.0 Å². The summed E-state index contributed by atoms with van der Waals surface area (Å²) in [4.78, 5) is 38.9. The summed E-state index contributed by atoms with van der Waals surface area (Å²) in [6, 6.07) is 8.27. The van der Waals surface area contributed by atoms with E-state index < -0.39 is 17.8 Å². The maximum Gasteiger partial charge on any atom is 0.335 e. The van der Waals surface area contributed by atoms with Gasteiger partial charge >= 0.3 is 6.03 Å². The number of carbonyl (C=O) groups excluding carboxylic acids is 3. The van der Waals surface area contributed by atoms with Crippen molar-refractivity contribution in [3.63, 3.8) is 0 Å². The molecule has 154 valence electrons. The highest BCUT2D eigenvalue weighted by molar-refractivity contribution is 14.1. The Morgan fingerprint density at radius 1 is 1.03 bits per heavy atom. The van der Waals surface area contributed by atoms with Crippen LogP contribution in [0.5, 0.6) is 5.75 Å². The summed E-state index contributed by atoms with van der Waals surface area (Å²) in [5.41, 5.74) is 2.79. The largest absolute Gasteiger partial charge is 0.487 e. The van der Waals surface area contributed by atoms with Crippen LogP contribution in [0.1, 0.15) is 16.7 Å². The molecule has 0 saturated carbocycles. The van der Waals surface area contributed by atoms with Crippen LogP contribution in [0, 0.1) is 21.0 Å². The summed E-state index contributed by atoms with van der Waals surface area (Å²) in [6.45, 7) is 7.78. The summed E-state index contributed by atoms with van der Waals surface area (Å²) >= 11 is 4.27. The maximum atomic E-state index is 13.1. The highest BCUT2D eigenvalue weighted by Gasteiger charge is 2.37. The molecule has 1 aliphatic rings. The van der Waals surface area contributed by atoms with Gasteiger partial charge in [0, 0.05) is 0 Å². The van der Waals surface area contributed by atoms with Gasteiger partial charge in [-0.1, -0.05) is 18.7 Å². The molecule has 0 aliphatic carbocycles. The lowest BCUT2D eigenvalue weighted by Crippen LogP contribution is -2.54. The first kappa shape index (κ1) is 22.5. The topological polar surface area (TPSA) is 75.7 Å². The number of hydrogen-bond acceptors (Lipinski definition) is 4. The molecule has 1 fully saturated rings. The molecule has 0 aromatic heterocycles. The first-order chi connectivity index (χ1) is 14.2. The normalized spacial score (nSPS) is 15.4. The number of nitrogens with one attached hydrogen (secondary N) is 1. The van der Waals surface area contributed by atoms with E-state index in [0.717, 1.165) is 23.2 Å². The zero-order chi connectivity index (χ0) is 22.0. The van der Waals surface area contributed by atoms with Crippen LogP contribution in [0.4, 0.5) is 10.5 Å². The summed E-state index contributed by atoms with van der Waals surface area (Å²) < 4.78 is 7.33. The van der Waals surface area contributed by atoms with Gasteiger partial charge in [-0.05, 0) is 106 Å². The molecule has 1 aliphatic heterocycles. The third kappa shape index (κ3) is 4.75. The van der Waals surface area contributed by atoms with Crippen molar-refractivity contribution in [3.05, 3.63) is 72.4 Å². The average molecular weight is 628 g/mol. The number of halogens is 2. The Hall–Kier alpha value is -2.21. The maximum absolute atomic E-state index is 13.1. The Kier molecular flexibility index (Phi) is 6.96. The van der Waals surface area contributed by atoms with Crippen molar-refractivity contribution in [2.45, 2.75) is 13.8 Å². The fourth-order valence-corrected chi connectivity index (χ4v) is 5.21. The van der Waals surface area contributed by atoms with Gasteiger partial charge < -0.3 is 4.74 Å². The molecule has 8 heteroatoms. The summed E-state index contributed by atoms with van der Waals surface area (Å²) in [5.74, 6) is -0.668. The lowest BCUT2D eigenvalue weighted by Gasteiger charge is -2.27. The second kappa shape index (κ2) is 9.29. The van der Waals surface area contributed by atoms with E-state index in [1.807, 2.05) is 32.0 Å². The van der Waals surface area contributed by atoms with E-state index in [1.54, 1.807) is 18.2 Å². The predicted molar refractivity (Wildman–Crippen MR) is 132 cm³/mol. The molecule has 0 radical (unpaired) electrons. The van der Waals surface area contributed by atoms with E-state index >= 15 is 0 Å². The van der Waals surface area contributed by atoms with Crippen molar-refractivity contribution in [2.75, 3.05) is 11.5 Å². The molecule has 4 amide bonds. The van der Waals surface area contributed by atoms with Gasteiger partial charge in [0.1, 0.15) is 17.9 Å². The van der Waals surface area contributed by atoms with E-state index in [1.165, 1.54) is 6.08 Å². The molecule has 0 spiro atoms. The Balaban J connectivity index is 2.01. The van der Waals surface area contributed by atoms with Gasteiger partial charge in [-0.3, -0.25) is 14.9 Å². The summed E-state index contributed by atoms with van der Waals surface area (Å²) in [6.07, 6.45) is 3.15. The van der Waals surface area contributed by atoms with Crippen molar-refractivity contribution in [2.24, 2.45) is 0 Å². The van der Waals surface area contributed by atoms with Crippen molar-refractivity contribution >= 4 is 74.8 Å². The molecule has 0 atom stereocenters. The number of ether oxygens (including phenoxy) is 1. The molecule has 6 nitrogen and oxygen atoms in total. The van der Waals surface area contributed by atoms with Gasteiger partial charge in [0.05, 0.1) is 12.8 Å². The number of aryl methyl sites for hydroxylation is 2. The number of hydrogen-bond donors (Lipinski definition) is 1. The average Bonchev–Trinajstić information content (AvgIpc) is 2.63. The van der Waals surface area contributed by atoms with Crippen LogP contribution in [0.15, 0.2) is 48.6 Å². The highest BCUT2D eigenvalue weighted by atomic mass is 127. The number of nitrogens with zero attached hydrogens (tertiary/aromatic N) is 1. The van der Waals surface area contributed by atoms with E-state index in [2.05, 4.69) is 57.1 Å². The first-order valence-electron chi connectivity index (χ1n) is 8.93. The number of amides is 4. The molecular formula is C22H18I2N2O4. The van der Waals surface area contributed by atoms with Gasteiger partial charge in [-0.15, -0.1) is 0 Å². The smallest absolute Gasteiger partial charge is 0.335 e. The first-order valence-corrected chi connectivity index (χ1v) is 11.1. The van der Waals surface area contributed by atoms with Crippen LogP contribution in [-0.4, -0.2) is 24.5 Å². The van der Waals surface area contributed by atoms with E-state index in [9.17, 15) is 14.4 Å². The fourth-order valence-electron chi connectivity index (χ4n) is 3.08. The number of anilines is 1. The van der Waals surface area contributed by atoms with E-state index in [4.69, 9.17) is 4.74 Å². The molecule has 3 rings (SSSR count). The lowest BCUT2D eigenvalue weighted by atomic mass is 10.1. The number of rotatable bonds is 5. The number of benzene rings is 2. The summed E-state index contributed by atoms with van der Waals surface area (Å²) in [7, 11) is 0. The molecule has 0 unspecified atom stereocenters. The molecule has 1 N–H and O–H groups in total. The quantitative estimate of drug-likeness (QED) is 0.225. The van der Waals surface area contributed by atoms with E-state index in [-0.39, 0.29) is 5.57 Å². The van der Waals surface area contributed by atoms with Crippen molar-refractivity contribution in [1.29, 1.82) is 0 Å². The molecule has 1 heterocycles. The lowest BCUT2D eigenvalue weighted by molar-refractivity contribution is -0.122. The Bertz CT molecular complexity index is 1070. The highest BCUT2D eigenvalue weighted by Crippen LogP contribution is 2.31. The molecule has 2 aromatic rings. The Morgan fingerprint density at radius 3 is 2.20 bits per heavy atom. The number of imide groups is 2. The fraction of sp³-hybridized carbons (Fsp3) is 0.136. The van der Waals surface area contributed by atoms with Crippen molar-refractivity contribution in [1.82, 2.24) is 5.32 Å². The Labute approximate surface area is 201 Å². The van der Waals surface area contributed by atoms with Gasteiger partial charge in [0.15, 0.2) is 0 Å².